The maximum atomic E-state index is 12.7. The van der Waals surface area contributed by atoms with Crippen LogP contribution in [-0.2, 0) is 15.6 Å². The smallest absolute Gasteiger partial charge is 0.184 e. The molecule has 0 aliphatic rings. The normalized spacial score (nSPS) is 11.6. The van der Waals surface area contributed by atoms with Crippen LogP contribution in [-0.4, -0.2) is 25.5 Å². The second-order valence-electron chi connectivity index (χ2n) is 6.07. The van der Waals surface area contributed by atoms with Gasteiger partial charge in [0.25, 0.3) is 0 Å². The summed E-state index contributed by atoms with van der Waals surface area (Å²) in [5.41, 5.74) is 2.34. The summed E-state index contributed by atoms with van der Waals surface area (Å²) >= 11 is 7.39. The maximum absolute atomic E-state index is 12.7. The summed E-state index contributed by atoms with van der Waals surface area (Å²) in [6.45, 7) is 0. The Labute approximate surface area is 171 Å². The van der Waals surface area contributed by atoms with Crippen molar-refractivity contribution in [1.29, 1.82) is 0 Å². The van der Waals surface area contributed by atoms with E-state index in [1.54, 1.807) is 55.2 Å². The predicted octanol–water partition coefficient (Wildman–Crippen LogP) is 4.99. The lowest BCUT2D eigenvalue weighted by atomic mass is 10.0. The molecule has 0 atom stereocenters. The van der Waals surface area contributed by atoms with E-state index in [1.165, 1.54) is 11.3 Å². The van der Waals surface area contributed by atoms with Gasteiger partial charge in [0.05, 0.1) is 17.5 Å². The van der Waals surface area contributed by atoms with Crippen molar-refractivity contribution in [2.24, 2.45) is 0 Å². The van der Waals surface area contributed by atoms with Crippen molar-refractivity contribution in [1.82, 2.24) is 9.97 Å². The number of aromatic nitrogens is 2. The van der Waals surface area contributed by atoms with E-state index in [4.69, 9.17) is 16.3 Å². The van der Waals surface area contributed by atoms with Gasteiger partial charge in [-0.3, -0.25) is 4.98 Å². The fourth-order valence-electron chi connectivity index (χ4n) is 3.01. The number of fused-ring (bicyclic) bond motifs is 1. The van der Waals surface area contributed by atoms with E-state index in [-0.39, 0.29) is 10.6 Å². The molecule has 8 heteroatoms. The number of hydrogen-bond donors (Lipinski definition) is 0. The summed E-state index contributed by atoms with van der Waals surface area (Å²) in [7, 11) is -1.92. The van der Waals surface area contributed by atoms with Gasteiger partial charge in [0.15, 0.2) is 9.84 Å². The SMILES string of the molecule is COc1cc(Cl)ccc1-c1ccnc2cc(S(=O)(=O)Cc3nccs3)ccc12. The van der Waals surface area contributed by atoms with E-state index < -0.39 is 9.84 Å². The van der Waals surface area contributed by atoms with Crippen LogP contribution in [0.1, 0.15) is 5.01 Å². The largest absolute Gasteiger partial charge is 0.496 e. The van der Waals surface area contributed by atoms with Gasteiger partial charge in [-0.1, -0.05) is 17.7 Å². The first-order valence-corrected chi connectivity index (χ1v) is 11.2. The minimum Gasteiger partial charge on any atom is -0.496 e. The quantitative estimate of drug-likeness (QED) is 0.446. The van der Waals surface area contributed by atoms with Crippen molar-refractivity contribution in [3.63, 3.8) is 0 Å². The Kier molecular flexibility index (Phi) is 5.05. The number of thiazole rings is 1. The van der Waals surface area contributed by atoms with Crippen LogP contribution in [0.3, 0.4) is 0 Å². The van der Waals surface area contributed by atoms with Crippen molar-refractivity contribution in [2.75, 3.05) is 7.11 Å². The van der Waals surface area contributed by atoms with Crippen LogP contribution in [0.25, 0.3) is 22.0 Å². The number of hydrogen-bond acceptors (Lipinski definition) is 6. The Balaban J connectivity index is 1.81. The molecule has 0 saturated carbocycles. The Morgan fingerprint density at radius 1 is 1.04 bits per heavy atom. The molecule has 0 spiro atoms. The molecule has 0 fully saturated rings. The molecular weight excluding hydrogens is 416 g/mol. The number of benzene rings is 2. The Morgan fingerprint density at radius 3 is 2.64 bits per heavy atom. The highest BCUT2D eigenvalue weighted by Gasteiger charge is 2.19. The average Bonchev–Trinajstić information content (AvgIpc) is 3.19. The van der Waals surface area contributed by atoms with Crippen LogP contribution in [0.15, 0.2) is 65.1 Å². The number of sulfone groups is 1. The van der Waals surface area contributed by atoms with E-state index in [1.807, 2.05) is 12.1 Å². The molecule has 0 N–H and O–H groups in total. The number of nitrogens with zero attached hydrogens (tertiary/aromatic N) is 2. The van der Waals surface area contributed by atoms with Crippen LogP contribution in [0.2, 0.25) is 5.02 Å². The first-order valence-electron chi connectivity index (χ1n) is 8.32. The molecule has 142 valence electrons. The second kappa shape index (κ2) is 7.50. The maximum Gasteiger partial charge on any atom is 0.184 e. The predicted molar refractivity (Wildman–Crippen MR) is 112 cm³/mol. The van der Waals surface area contributed by atoms with Crippen molar-refractivity contribution in [3.05, 3.63) is 70.3 Å². The zero-order valence-corrected chi connectivity index (χ0v) is 17.2. The Hall–Kier alpha value is -2.48. The number of rotatable bonds is 5. The standard InChI is InChI=1S/C20H15ClN2O3S2/c1-26-19-10-13(21)2-4-17(19)15-6-7-22-18-11-14(3-5-16(15)18)28(24,25)12-20-23-8-9-27-20/h2-11H,12H2,1H3. The molecule has 0 aliphatic heterocycles. The molecule has 0 aliphatic carbocycles. The fourth-order valence-corrected chi connectivity index (χ4v) is 5.45. The molecule has 0 bridgehead atoms. The van der Waals surface area contributed by atoms with Crippen LogP contribution in [0.4, 0.5) is 0 Å². The first-order chi connectivity index (χ1) is 13.5. The lowest BCUT2D eigenvalue weighted by Crippen LogP contribution is -2.05. The highest BCUT2D eigenvalue weighted by molar-refractivity contribution is 7.90. The van der Waals surface area contributed by atoms with Gasteiger partial charge >= 0.3 is 0 Å². The zero-order chi connectivity index (χ0) is 19.7. The summed E-state index contributed by atoms with van der Waals surface area (Å²) < 4.78 is 30.9. The third kappa shape index (κ3) is 3.61. The summed E-state index contributed by atoms with van der Waals surface area (Å²) in [5, 5.41) is 3.73. The summed E-state index contributed by atoms with van der Waals surface area (Å²) in [5.74, 6) is 0.515. The van der Waals surface area contributed by atoms with Crippen LogP contribution < -0.4 is 4.74 Å². The molecule has 0 saturated heterocycles. The van der Waals surface area contributed by atoms with Gasteiger partial charge in [0, 0.05) is 33.7 Å². The molecule has 0 amide bonds. The molecule has 0 unspecified atom stereocenters. The lowest BCUT2D eigenvalue weighted by molar-refractivity contribution is 0.416. The van der Waals surface area contributed by atoms with Crippen LogP contribution in [0.5, 0.6) is 5.75 Å². The van der Waals surface area contributed by atoms with Gasteiger partial charge in [0.1, 0.15) is 16.5 Å². The third-order valence-corrected chi connectivity index (χ3v) is 7.15. The molecule has 4 aromatic rings. The monoisotopic (exact) mass is 430 g/mol. The number of pyridine rings is 1. The number of methoxy groups -OCH3 is 1. The average molecular weight is 431 g/mol. The zero-order valence-electron chi connectivity index (χ0n) is 14.8. The van der Waals surface area contributed by atoms with Crippen molar-refractivity contribution in [3.8, 4) is 16.9 Å². The molecule has 0 radical (unpaired) electrons. The fraction of sp³-hybridized carbons (Fsp3) is 0.100. The van der Waals surface area contributed by atoms with Gasteiger partial charge < -0.3 is 4.74 Å². The first kappa shape index (κ1) is 18.9. The van der Waals surface area contributed by atoms with Gasteiger partial charge in [-0.2, -0.15) is 0 Å². The van der Waals surface area contributed by atoms with E-state index >= 15 is 0 Å². The van der Waals surface area contributed by atoms with Gasteiger partial charge in [0.2, 0.25) is 0 Å². The molecular formula is C20H15ClN2O3S2. The Bertz CT molecular complexity index is 1260. The van der Waals surface area contributed by atoms with E-state index in [2.05, 4.69) is 9.97 Å². The number of ether oxygens (including phenoxy) is 1. The van der Waals surface area contributed by atoms with Crippen molar-refractivity contribution >= 4 is 43.7 Å². The molecule has 4 rings (SSSR count). The minimum atomic E-state index is -3.50. The lowest BCUT2D eigenvalue weighted by Gasteiger charge is -2.12. The molecule has 2 aromatic carbocycles. The summed E-state index contributed by atoms with van der Waals surface area (Å²) in [6, 6.07) is 12.3. The molecule has 2 heterocycles. The summed E-state index contributed by atoms with van der Waals surface area (Å²) in [4.78, 5) is 8.66. The van der Waals surface area contributed by atoms with Gasteiger partial charge in [-0.05, 0) is 42.0 Å². The highest BCUT2D eigenvalue weighted by Crippen LogP contribution is 2.36. The van der Waals surface area contributed by atoms with Gasteiger partial charge in [-0.15, -0.1) is 11.3 Å². The summed E-state index contributed by atoms with van der Waals surface area (Å²) in [6.07, 6.45) is 3.26. The van der Waals surface area contributed by atoms with Crippen LogP contribution in [0, 0.1) is 0 Å². The third-order valence-electron chi connectivity index (χ3n) is 4.32. The molecule has 28 heavy (non-hydrogen) atoms. The Morgan fingerprint density at radius 2 is 1.89 bits per heavy atom. The molecule has 5 nitrogen and oxygen atoms in total. The second-order valence-corrected chi connectivity index (χ2v) is 9.47. The van der Waals surface area contributed by atoms with E-state index in [0.717, 1.165) is 16.5 Å². The van der Waals surface area contributed by atoms with Crippen LogP contribution >= 0.6 is 22.9 Å². The highest BCUT2D eigenvalue weighted by atomic mass is 35.5. The number of halogens is 1. The van der Waals surface area contributed by atoms with Crippen molar-refractivity contribution < 1.29 is 13.2 Å². The van der Waals surface area contributed by atoms with E-state index in [9.17, 15) is 8.42 Å². The topological polar surface area (TPSA) is 69.2 Å². The van der Waals surface area contributed by atoms with Gasteiger partial charge in [-0.25, -0.2) is 13.4 Å². The minimum absolute atomic E-state index is 0.124. The van der Waals surface area contributed by atoms with E-state index in [0.29, 0.717) is 21.3 Å². The van der Waals surface area contributed by atoms with Crippen molar-refractivity contribution in [2.45, 2.75) is 10.6 Å². The molecule has 2 aromatic heterocycles.